The maximum absolute atomic E-state index is 5.87. The molecule has 0 aliphatic carbocycles. The van der Waals surface area contributed by atoms with Crippen LogP contribution in [0.2, 0.25) is 0 Å². The average Bonchev–Trinajstić information content (AvgIpc) is 2.37. The molecule has 1 aromatic rings. The Balaban J connectivity index is 2.58. The van der Waals surface area contributed by atoms with Gasteiger partial charge in [0.1, 0.15) is 0 Å². The summed E-state index contributed by atoms with van der Waals surface area (Å²) in [7, 11) is 3.86. The molecule has 0 aliphatic rings. The number of benzene rings is 1. The van der Waals surface area contributed by atoms with Crippen molar-refractivity contribution in [1.29, 1.82) is 0 Å². The topological polar surface area (TPSA) is 38.5 Å². The number of nitrogens with zero attached hydrogens (tertiary/aromatic N) is 1. The zero-order chi connectivity index (χ0) is 12.7. The molecular weight excluding hydrogens is 212 g/mol. The Morgan fingerprint density at radius 1 is 1.29 bits per heavy atom. The van der Waals surface area contributed by atoms with Crippen LogP contribution in [0.4, 0.5) is 0 Å². The minimum atomic E-state index is 0.389. The largest absolute Gasteiger partial charge is 0.383 e. The van der Waals surface area contributed by atoms with Crippen LogP contribution in [0.1, 0.15) is 18.4 Å². The van der Waals surface area contributed by atoms with Crippen molar-refractivity contribution in [2.24, 2.45) is 5.73 Å². The minimum Gasteiger partial charge on any atom is -0.383 e. The van der Waals surface area contributed by atoms with Gasteiger partial charge in [-0.25, -0.2) is 0 Å². The van der Waals surface area contributed by atoms with E-state index in [1.54, 1.807) is 7.11 Å². The number of hydrogen-bond donors (Lipinski definition) is 1. The van der Waals surface area contributed by atoms with Gasteiger partial charge in [0.2, 0.25) is 0 Å². The van der Waals surface area contributed by atoms with Crippen molar-refractivity contribution in [2.45, 2.75) is 18.9 Å². The summed E-state index contributed by atoms with van der Waals surface area (Å²) in [6, 6.07) is 10.9. The fourth-order valence-corrected chi connectivity index (χ4v) is 1.94. The first kappa shape index (κ1) is 14.2. The molecule has 0 saturated carbocycles. The van der Waals surface area contributed by atoms with Gasteiger partial charge < -0.3 is 15.4 Å². The first-order valence-electron chi connectivity index (χ1n) is 6.13. The summed E-state index contributed by atoms with van der Waals surface area (Å²) in [5, 5.41) is 0. The van der Waals surface area contributed by atoms with Gasteiger partial charge in [0.15, 0.2) is 0 Å². The molecule has 0 fully saturated rings. The summed E-state index contributed by atoms with van der Waals surface area (Å²) < 4.78 is 5.17. The summed E-state index contributed by atoms with van der Waals surface area (Å²) in [5.74, 6) is 0.389. The van der Waals surface area contributed by atoms with Crippen LogP contribution in [0, 0.1) is 0 Å². The van der Waals surface area contributed by atoms with Crippen molar-refractivity contribution in [3.63, 3.8) is 0 Å². The third-order valence-electron chi connectivity index (χ3n) is 3.22. The summed E-state index contributed by atoms with van der Waals surface area (Å²) in [6.45, 7) is 4.56. The fraction of sp³-hybridized carbons (Fsp3) is 0.571. The quantitative estimate of drug-likeness (QED) is 0.783. The maximum atomic E-state index is 5.87. The number of methoxy groups -OCH3 is 1. The monoisotopic (exact) mass is 236 g/mol. The van der Waals surface area contributed by atoms with Gasteiger partial charge in [0, 0.05) is 32.2 Å². The lowest BCUT2D eigenvalue weighted by atomic mass is 9.98. The minimum absolute atomic E-state index is 0.389. The lowest BCUT2D eigenvalue weighted by molar-refractivity contribution is 0.112. The molecule has 0 saturated heterocycles. The highest BCUT2D eigenvalue weighted by Crippen LogP contribution is 2.16. The van der Waals surface area contributed by atoms with Gasteiger partial charge >= 0.3 is 0 Å². The summed E-state index contributed by atoms with van der Waals surface area (Å²) in [4.78, 5) is 2.30. The van der Waals surface area contributed by atoms with E-state index in [1.165, 1.54) is 5.56 Å². The van der Waals surface area contributed by atoms with E-state index in [2.05, 4.69) is 43.1 Å². The molecule has 1 rings (SSSR count). The summed E-state index contributed by atoms with van der Waals surface area (Å²) in [5.41, 5.74) is 7.18. The van der Waals surface area contributed by atoms with E-state index in [4.69, 9.17) is 10.5 Å². The molecule has 0 aromatic heterocycles. The predicted octanol–water partition coefficient (Wildman–Crippen LogP) is 1.70. The second-order valence-corrected chi connectivity index (χ2v) is 4.59. The number of ether oxygens (including phenoxy) is 1. The van der Waals surface area contributed by atoms with Crippen LogP contribution >= 0.6 is 0 Å². The van der Waals surface area contributed by atoms with Gasteiger partial charge in [-0.2, -0.15) is 0 Å². The maximum Gasteiger partial charge on any atom is 0.0615 e. The molecule has 96 valence electrons. The third kappa shape index (κ3) is 4.46. The van der Waals surface area contributed by atoms with Crippen molar-refractivity contribution in [2.75, 3.05) is 33.9 Å². The van der Waals surface area contributed by atoms with E-state index < -0.39 is 0 Å². The Labute approximate surface area is 105 Å². The zero-order valence-corrected chi connectivity index (χ0v) is 11.1. The first-order chi connectivity index (χ1) is 8.19. The average molecular weight is 236 g/mol. The number of rotatable bonds is 7. The van der Waals surface area contributed by atoms with Gasteiger partial charge in [0.25, 0.3) is 0 Å². The first-order valence-corrected chi connectivity index (χ1v) is 6.13. The molecule has 0 radical (unpaired) electrons. The number of likely N-dealkylation sites (N-methyl/N-ethyl adjacent to an activating group) is 1. The van der Waals surface area contributed by atoms with E-state index in [1.807, 2.05) is 6.07 Å². The molecule has 0 heterocycles. The van der Waals surface area contributed by atoms with Gasteiger partial charge in [0.05, 0.1) is 6.61 Å². The van der Waals surface area contributed by atoms with E-state index in [0.29, 0.717) is 18.5 Å². The molecule has 0 amide bonds. The van der Waals surface area contributed by atoms with Crippen LogP contribution in [0.25, 0.3) is 0 Å². The van der Waals surface area contributed by atoms with Gasteiger partial charge in [-0.3, -0.25) is 0 Å². The molecule has 3 heteroatoms. The van der Waals surface area contributed by atoms with Crippen LogP contribution in [0.5, 0.6) is 0 Å². The summed E-state index contributed by atoms with van der Waals surface area (Å²) >= 11 is 0. The van der Waals surface area contributed by atoms with Crippen LogP contribution in [-0.4, -0.2) is 44.8 Å². The van der Waals surface area contributed by atoms with Crippen molar-refractivity contribution in [3.05, 3.63) is 35.9 Å². The standard InChI is InChI=1S/C14H24N2O/c1-12(11-17-3)16(2)10-14(9-15)13-7-5-4-6-8-13/h4-8,12,14H,9-11,15H2,1-3H3. The number of hydrogen-bond acceptors (Lipinski definition) is 3. The molecule has 0 aliphatic heterocycles. The van der Waals surface area contributed by atoms with E-state index in [9.17, 15) is 0 Å². The molecule has 0 spiro atoms. The SMILES string of the molecule is COCC(C)N(C)CC(CN)c1ccccc1. The van der Waals surface area contributed by atoms with Gasteiger partial charge in [-0.05, 0) is 19.5 Å². The van der Waals surface area contributed by atoms with Crippen molar-refractivity contribution in [1.82, 2.24) is 4.90 Å². The zero-order valence-electron chi connectivity index (χ0n) is 11.1. The fourth-order valence-electron chi connectivity index (χ4n) is 1.94. The Morgan fingerprint density at radius 3 is 2.47 bits per heavy atom. The molecule has 3 nitrogen and oxygen atoms in total. The van der Waals surface area contributed by atoms with Crippen molar-refractivity contribution >= 4 is 0 Å². The van der Waals surface area contributed by atoms with Crippen LogP contribution in [-0.2, 0) is 4.74 Å². The molecule has 17 heavy (non-hydrogen) atoms. The van der Waals surface area contributed by atoms with Gasteiger partial charge in [-0.1, -0.05) is 30.3 Å². The van der Waals surface area contributed by atoms with Crippen molar-refractivity contribution in [3.8, 4) is 0 Å². The molecule has 2 unspecified atom stereocenters. The van der Waals surface area contributed by atoms with Gasteiger partial charge in [-0.15, -0.1) is 0 Å². The highest BCUT2D eigenvalue weighted by Gasteiger charge is 2.15. The molecule has 2 N–H and O–H groups in total. The number of nitrogens with two attached hydrogens (primary N) is 1. The molecular formula is C14H24N2O. The highest BCUT2D eigenvalue weighted by atomic mass is 16.5. The normalized spacial score (nSPS) is 14.9. The lowest BCUT2D eigenvalue weighted by Crippen LogP contribution is -2.37. The Kier molecular flexibility index (Phi) is 6.19. The highest BCUT2D eigenvalue weighted by molar-refractivity contribution is 5.20. The van der Waals surface area contributed by atoms with Crippen LogP contribution < -0.4 is 5.73 Å². The smallest absolute Gasteiger partial charge is 0.0615 e. The second kappa shape index (κ2) is 7.43. The molecule has 2 atom stereocenters. The van der Waals surface area contributed by atoms with E-state index >= 15 is 0 Å². The Hall–Kier alpha value is -0.900. The molecule has 1 aromatic carbocycles. The Bertz CT molecular complexity index is 302. The molecule has 0 bridgehead atoms. The lowest BCUT2D eigenvalue weighted by Gasteiger charge is -2.28. The van der Waals surface area contributed by atoms with E-state index in [0.717, 1.165) is 13.2 Å². The Morgan fingerprint density at radius 2 is 1.94 bits per heavy atom. The second-order valence-electron chi connectivity index (χ2n) is 4.59. The van der Waals surface area contributed by atoms with Crippen LogP contribution in [0.3, 0.4) is 0 Å². The third-order valence-corrected chi connectivity index (χ3v) is 3.22. The summed E-state index contributed by atoms with van der Waals surface area (Å²) in [6.07, 6.45) is 0. The predicted molar refractivity (Wildman–Crippen MR) is 72.2 cm³/mol. The van der Waals surface area contributed by atoms with E-state index in [-0.39, 0.29) is 0 Å². The van der Waals surface area contributed by atoms with Crippen LogP contribution in [0.15, 0.2) is 30.3 Å². The van der Waals surface area contributed by atoms with Crippen molar-refractivity contribution < 1.29 is 4.74 Å².